The molecule has 0 saturated carbocycles. The van der Waals surface area contributed by atoms with Crippen molar-refractivity contribution >= 4 is 33.1 Å². The van der Waals surface area contributed by atoms with Gasteiger partial charge in [-0.3, -0.25) is 4.68 Å². The Morgan fingerprint density at radius 2 is 1.97 bits per heavy atom. The Hall–Kier alpha value is -4.03. The average Bonchev–Trinajstić information content (AvgIpc) is 3.56. The number of halogens is 2. The molecule has 4 heterocycles. The lowest BCUT2D eigenvalue weighted by Crippen LogP contribution is -2.13. The minimum absolute atomic E-state index is 0.194. The fourth-order valence-electron chi connectivity index (χ4n) is 3.73. The van der Waals surface area contributed by atoms with Gasteiger partial charge in [-0.05, 0) is 11.5 Å². The van der Waals surface area contributed by atoms with Gasteiger partial charge in [0.1, 0.15) is 5.69 Å². The SMILES string of the molecule is COCCNc1cnc(F)cc1-c1cccc2cc(-c3nc(NCCn4ccnn4)ncc3F)sc12. The van der Waals surface area contributed by atoms with Gasteiger partial charge >= 0.3 is 0 Å². The molecule has 9 nitrogen and oxygen atoms in total. The van der Waals surface area contributed by atoms with E-state index in [1.54, 1.807) is 24.2 Å². The Morgan fingerprint density at radius 1 is 1.06 bits per heavy atom. The lowest BCUT2D eigenvalue weighted by atomic mass is 10.0. The van der Waals surface area contributed by atoms with E-state index < -0.39 is 11.8 Å². The number of nitrogens with one attached hydrogen (secondary N) is 2. The summed E-state index contributed by atoms with van der Waals surface area (Å²) in [5.74, 6) is -0.800. The zero-order valence-corrected chi connectivity index (χ0v) is 20.1. The van der Waals surface area contributed by atoms with E-state index in [1.165, 1.54) is 23.6 Å². The van der Waals surface area contributed by atoms with Gasteiger partial charge in [0.15, 0.2) is 5.82 Å². The van der Waals surface area contributed by atoms with E-state index in [4.69, 9.17) is 4.74 Å². The molecule has 4 aromatic heterocycles. The first-order valence-electron chi connectivity index (χ1n) is 11.1. The van der Waals surface area contributed by atoms with Crippen molar-refractivity contribution in [2.45, 2.75) is 6.54 Å². The molecule has 0 amide bonds. The fraction of sp³-hybridized carbons (Fsp3) is 0.208. The molecule has 0 unspecified atom stereocenters. The third-order valence-electron chi connectivity index (χ3n) is 5.40. The number of hydrogen-bond donors (Lipinski definition) is 2. The zero-order valence-electron chi connectivity index (χ0n) is 19.3. The van der Waals surface area contributed by atoms with Gasteiger partial charge in [0.25, 0.3) is 0 Å². The number of hydrogen-bond acceptors (Lipinski definition) is 9. The Balaban J connectivity index is 1.47. The number of pyridine rings is 1. The van der Waals surface area contributed by atoms with Gasteiger partial charge in [0, 0.05) is 48.3 Å². The smallest absolute Gasteiger partial charge is 0.223 e. The summed E-state index contributed by atoms with van der Waals surface area (Å²) < 4.78 is 36.6. The van der Waals surface area contributed by atoms with Crippen LogP contribution in [0, 0.1) is 11.8 Å². The molecule has 0 saturated heterocycles. The normalized spacial score (nSPS) is 11.2. The molecule has 184 valence electrons. The highest BCUT2D eigenvalue weighted by Gasteiger charge is 2.17. The van der Waals surface area contributed by atoms with Crippen molar-refractivity contribution in [1.29, 1.82) is 0 Å². The maximum Gasteiger partial charge on any atom is 0.223 e. The topological polar surface area (TPSA) is 103 Å². The molecular weight excluding hydrogens is 486 g/mol. The van der Waals surface area contributed by atoms with Crippen LogP contribution in [0.25, 0.3) is 31.8 Å². The molecule has 0 aliphatic rings. The largest absolute Gasteiger partial charge is 0.383 e. The van der Waals surface area contributed by atoms with Crippen LogP contribution in [0.3, 0.4) is 0 Å². The van der Waals surface area contributed by atoms with Crippen LogP contribution in [0.2, 0.25) is 0 Å². The molecule has 0 fully saturated rings. The Kier molecular flexibility index (Phi) is 7.05. The van der Waals surface area contributed by atoms with E-state index >= 15 is 0 Å². The van der Waals surface area contributed by atoms with Crippen LogP contribution in [0.15, 0.2) is 55.1 Å². The molecule has 5 aromatic rings. The molecule has 5 rings (SSSR count). The number of methoxy groups -OCH3 is 1. The first-order valence-corrected chi connectivity index (χ1v) is 12.0. The molecule has 0 atom stereocenters. The first-order chi connectivity index (χ1) is 17.6. The van der Waals surface area contributed by atoms with Crippen molar-refractivity contribution in [2.24, 2.45) is 0 Å². The van der Waals surface area contributed by atoms with Gasteiger partial charge in [-0.1, -0.05) is 23.4 Å². The first kappa shape index (κ1) is 23.7. The summed E-state index contributed by atoms with van der Waals surface area (Å²) in [7, 11) is 1.61. The van der Waals surface area contributed by atoms with E-state index in [1.807, 2.05) is 24.3 Å². The second kappa shape index (κ2) is 10.7. The summed E-state index contributed by atoms with van der Waals surface area (Å²) in [4.78, 5) is 12.9. The summed E-state index contributed by atoms with van der Waals surface area (Å²) in [5.41, 5.74) is 2.35. The van der Waals surface area contributed by atoms with Gasteiger partial charge < -0.3 is 15.4 Å². The fourth-order valence-corrected chi connectivity index (χ4v) is 4.91. The van der Waals surface area contributed by atoms with Gasteiger partial charge in [-0.15, -0.1) is 16.4 Å². The number of aromatic nitrogens is 6. The van der Waals surface area contributed by atoms with Gasteiger partial charge in [-0.2, -0.15) is 4.39 Å². The number of benzene rings is 1. The summed E-state index contributed by atoms with van der Waals surface area (Å²) >= 11 is 1.38. The van der Waals surface area contributed by atoms with Crippen LogP contribution < -0.4 is 10.6 Å². The van der Waals surface area contributed by atoms with E-state index in [9.17, 15) is 8.78 Å². The van der Waals surface area contributed by atoms with E-state index in [0.717, 1.165) is 21.8 Å². The second-order valence-corrected chi connectivity index (χ2v) is 8.84. The molecule has 2 N–H and O–H groups in total. The molecule has 36 heavy (non-hydrogen) atoms. The molecule has 12 heteroatoms. The number of thiophene rings is 1. The number of nitrogens with zero attached hydrogens (tertiary/aromatic N) is 6. The van der Waals surface area contributed by atoms with Crippen LogP contribution in [-0.4, -0.2) is 56.8 Å². The Labute approximate surface area is 209 Å². The summed E-state index contributed by atoms with van der Waals surface area (Å²) in [6, 6.07) is 9.01. The molecule has 0 aliphatic carbocycles. The predicted molar refractivity (Wildman–Crippen MR) is 135 cm³/mol. The number of ether oxygens (including phenoxy) is 1. The summed E-state index contributed by atoms with van der Waals surface area (Å²) in [5, 5.41) is 14.9. The third kappa shape index (κ3) is 5.14. The monoisotopic (exact) mass is 508 g/mol. The van der Waals surface area contributed by atoms with E-state index in [0.29, 0.717) is 48.3 Å². The second-order valence-electron chi connectivity index (χ2n) is 7.79. The summed E-state index contributed by atoms with van der Waals surface area (Å²) in [6.07, 6.45) is 5.97. The minimum Gasteiger partial charge on any atom is -0.383 e. The molecule has 0 radical (unpaired) electrons. The maximum atomic E-state index is 14.8. The van der Waals surface area contributed by atoms with Gasteiger partial charge in [0.2, 0.25) is 11.9 Å². The quantitative estimate of drug-likeness (QED) is 0.211. The molecular formula is C24H22F2N8OS. The van der Waals surface area contributed by atoms with Crippen LogP contribution in [0.4, 0.5) is 20.4 Å². The zero-order chi connectivity index (χ0) is 24.9. The standard InChI is InChI=1S/C24H22F2N8OS/c1-35-10-7-27-19-14-29-21(26)12-17(19)16-4-2-3-15-11-20(36-23(15)16)22-18(25)13-30-24(32-22)28-5-8-34-9-6-31-33-34/h2-4,6,9,11-14,27H,5,7-8,10H2,1H3,(H,28,30,32). The van der Waals surface area contributed by atoms with Gasteiger partial charge in [0.05, 0.1) is 42.3 Å². The van der Waals surface area contributed by atoms with Crippen molar-refractivity contribution in [1.82, 2.24) is 29.9 Å². The Morgan fingerprint density at radius 3 is 2.81 bits per heavy atom. The lowest BCUT2D eigenvalue weighted by Gasteiger charge is -2.12. The molecule has 0 spiro atoms. The van der Waals surface area contributed by atoms with Crippen molar-refractivity contribution in [2.75, 3.05) is 37.4 Å². The van der Waals surface area contributed by atoms with E-state index in [-0.39, 0.29) is 5.69 Å². The van der Waals surface area contributed by atoms with Crippen LogP contribution in [0.5, 0.6) is 0 Å². The van der Waals surface area contributed by atoms with Crippen LogP contribution >= 0.6 is 11.3 Å². The third-order valence-corrected chi connectivity index (χ3v) is 6.59. The van der Waals surface area contributed by atoms with Crippen molar-refractivity contribution in [3.8, 4) is 21.7 Å². The van der Waals surface area contributed by atoms with Crippen LogP contribution in [-0.2, 0) is 11.3 Å². The van der Waals surface area contributed by atoms with Crippen molar-refractivity contribution in [3.05, 3.63) is 66.9 Å². The summed E-state index contributed by atoms with van der Waals surface area (Å²) in [6.45, 7) is 2.09. The lowest BCUT2D eigenvalue weighted by molar-refractivity contribution is 0.211. The maximum absolute atomic E-state index is 14.8. The minimum atomic E-state index is -0.584. The predicted octanol–water partition coefficient (Wildman–Crippen LogP) is 4.46. The average molecular weight is 509 g/mol. The van der Waals surface area contributed by atoms with Crippen molar-refractivity contribution in [3.63, 3.8) is 0 Å². The van der Waals surface area contributed by atoms with E-state index in [2.05, 4.69) is 35.9 Å². The highest BCUT2D eigenvalue weighted by atomic mass is 32.1. The number of fused-ring (bicyclic) bond motifs is 1. The van der Waals surface area contributed by atoms with Crippen molar-refractivity contribution < 1.29 is 13.5 Å². The highest BCUT2D eigenvalue weighted by Crippen LogP contribution is 2.41. The van der Waals surface area contributed by atoms with Crippen LogP contribution in [0.1, 0.15) is 0 Å². The van der Waals surface area contributed by atoms with Gasteiger partial charge in [-0.25, -0.2) is 19.3 Å². The number of rotatable bonds is 10. The Bertz CT molecular complexity index is 1470. The molecule has 1 aromatic carbocycles. The molecule has 0 bridgehead atoms. The highest BCUT2D eigenvalue weighted by molar-refractivity contribution is 7.22. The number of anilines is 2. The molecule has 0 aliphatic heterocycles.